The molecule has 1 aromatic carbocycles. The molecule has 0 radical (unpaired) electrons. The van der Waals surface area contributed by atoms with Crippen molar-refractivity contribution in [2.24, 2.45) is 0 Å². The van der Waals surface area contributed by atoms with Crippen LogP contribution in [0, 0.1) is 11.6 Å². The predicted octanol–water partition coefficient (Wildman–Crippen LogP) is 1.16. The zero-order chi connectivity index (χ0) is 17.1. The highest BCUT2D eigenvalue weighted by molar-refractivity contribution is 5.81. The Labute approximate surface area is 140 Å². The fraction of sp³-hybridized carbons (Fsp3) is 0.588. The van der Waals surface area contributed by atoms with Crippen LogP contribution in [0.15, 0.2) is 18.2 Å². The summed E-state index contributed by atoms with van der Waals surface area (Å²) in [7, 11) is 0. The lowest BCUT2D eigenvalue weighted by Crippen LogP contribution is -2.55. The summed E-state index contributed by atoms with van der Waals surface area (Å²) in [6.07, 6.45) is -0.405. The van der Waals surface area contributed by atoms with Crippen molar-refractivity contribution >= 4 is 5.91 Å². The first-order valence-corrected chi connectivity index (χ1v) is 8.36. The van der Waals surface area contributed by atoms with Gasteiger partial charge >= 0.3 is 0 Å². The van der Waals surface area contributed by atoms with Crippen molar-refractivity contribution in [3.8, 4) is 0 Å². The third-order valence-corrected chi connectivity index (χ3v) is 4.79. The van der Waals surface area contributed by atoms with Gasteiger partial charge in [0.1, 0.15) is 17.7 Å². The van der Waals surface area contributed by atoms with Gasteiger partial charge in [-0.15, -0.1) is 0 Å². The Bertz CT molecular complexity index is 585. The van der Waals surface area contributed by atoms with E-state index in [0.717, 1.165) is 12.6 Å². The molecule has 1 N–H and O–H groups in total. The zero-order valence-corrected chi connectivity index (χ0v) is 13.8. The van der Waals surface area contributed by atoms with Gasteiger partial charge in [0.05, 0.1) is 6.61 Å². The summed E-state index contributed by atoms with van der Waals surface area (Å²) in [6, 6.07) is 3.53. The van der Waals surface area contributed by atoms with Gasteiger partial charge in [-0.05, 0) is 13.0 Å². The summed E-state index contributed by atoms with van der Waals surface area (Å²) < 4.78 is 32.5. The van der Waals surface area contributed by atoms with Crippen molar-refractivity contribution in [1.82, 2.24) is 15.1 Å². The lowest BCUT2D eigenvalue weighted by molar-refractivity contribution is -0.147. The van der Waals surface area contributed by atoms with Gasteiger partial charge < -0.3 is 15.0 Å². The van der Waals surface area contributed by atoms with E-state index in [1.807, 2.05) is 11.8 Å². The van der Waals surface area contributed by atoms with Crippen LogP contribution >= 0.6 is 0 Å². The van der Waals surface area contributed by atoms with Crippen LogP contribution in [0.25, 0.3) is 0 Å². The SMILES string of the molecule is CC(c1ccc(F)cc1F)N1CCN(C(=O)C2CNCCO2)CC1. The third-order valence-electron chi connectivity index (χ3n) is 4.79. The van der Waals surface area contributed by atoms with Gasteiger partial charge in [-0.3, -0.25) is 9.69 Å². The Morgan fingerprint density at radius 3 is 2.67 bits per heavy atom. The Morgan fingerprint density at radius 2 is 2.04 bits per heavy atom. The van der Waals surface area contributed by atoms with E-state index in [1.54, 1.807) is 0 Å². The fourth-order valence-corrected chi connectivity index (χ4v) is 3.29. The van der Waals surface area contributed by atoms with Crippen LogP contribution in [-0.2, 0) is 9.53 Å². The highest BCUT2D eigenvalue weighted by atomic mass is 19.1. The Morgan fingerprint density at radius 1 is 1.29 bits per heavy atom. The number of carbonyl (C=O) groups excluding carboxylic acids is 1. The molecule has 24 heavy (non-hydrogen) atoms. The summed E-state index contributed by atoms with van der Waals surface area (Å²) in [5.74, 6) is -1.08. The van der Waals surface area contributed by atoms with Crippen LogP contribution < -0.4 is 5.32 Å². The lowest BCUT2D eigenvalue weighted by atomic mass is 10.0. The molecule has 7 heteroatoms. The molecule has 2 atom stereocenters. The van der Waals surface area contributed by atoms with Gasteiger partial charge in [0.2, 0.25) is 0 Å². The second-order valence-electron chi connectivity index (χ2n) is 6.27. The van der Waals surface area contributed by atoms with Crippen molar-refractivity contribution in [3.05, 3.63) is 35.4 Å². The van der Waals surface area contributed by atoms with Crippen LogP contribution in [0.1, 0.15) is 18.5 Å². The molecule has 2 aliphatic heterocycles. The average molecular weight is 339 g/mol. The van der Waals surface area contributed by atoms with Gasteiger partial charge in [0, 0.05) is 56.9 Å². The molecule has 0 spiro atoms. The van der Waals surface area contributed by atoms with E-state index in [4.69, 9.17) is 4.74 Å². The first kappa shape index (κ1) is 17.3. The summed E-state index contributed by atoms with van der Waals surface area (Å²) in [6.45, 7) is 6.28. The summed E-state index contributed by atoms with van der Waals surface area (Å²) in [4.78, 5) is 16.4. The molecule has 2 fully saturated rings. The van der Waals surface area contributed by atoms with Crippen molar-refractivity contribution in [3.63, 3.8) is 0 Å². The molecule has 2 saturated heterocycles. The summed E-state index contributed by atoms with van der Waals surface area (Å²) in [5, 5.41) is 3.16. The number of morpholine rings is 1. The van der Waals surface area contributed by atoms with E-state index in [2.05, 4.69) is 10.2 Å². The van der Waals surface area contributed by atoms with E-state index in [-0.39, 0.29) is 11.9 Å². The first-order valence-electron chi connectivity index (χ1n) is 8.36. The van der Waals surface area contributed by atoms with Gasteiger partial charge in [0.25, 0.3) is 5.91 Å². The molecule has 0 aliphatic carbocycles. The molecule has 0 saturated carbocycles. The molecule has 0 aromatic heterocycles. The maximum absolute atomic E-state index is 13.9. The number of ether oxygens (including phenoxy) is 1. The maximum atomic E-state index is 13.9. The minimum Gasteiger partial charge on any atom is -0.366 e. The van der Waals surface area contributed by atoms with Crippen LogP contribution in [0.3, 0.4) is 0 Å². The number of amides is 1. The minimum absolute atomic E-state index is 0.0162. The molecular weight excluding hydrogens is 316 g/mol. The van der Waals surface area contributed by atoms with Crippen LogP contribution in [0.2, 0.25) is 0 Å². The number of piperazine rings is 1. The van der Waals surface area contributed by atoms with Crippen molar-refractivity contribution in [1.29, 1.82) is 0 Å². The number of hydrogen-bond acceptors (Lipinski definition) is 4. The highest BCUT2D eigenvalue weighted by Gasteiger charge is 2.31. The topological polar surface area (TPSA) is 44.8 Å². The number of nitrogens with zero attached hydrogens (tertiary/aromatic N) is 2. The molecule has 0 bridgehead atoms. The van der Waals surface area contributed by atoms with Gasteiger partial charge in [-0.2, -0.15) is 0 Å². The summed E-state index contributed by atoms with van der Waals surface area (Å²) >= 11 is 0. The molecule has 3 rings (SSSR count). The van der Waals surface area contributed by atoms with Crippen LogP contribution in [0.5, 0.6) is 0 Å². The minimum atomic E-state index is -0.569. The fourth-order valence-electron chi connectivity index (χ4n) is 3.29. The smallest absolute Gasteiger partial charge is 0.253 e. The lowest BCUT2D eigenvalue weighted by Gasteiger charge is -2.39. The van der Waals surface area contributed by atoms with Crippen LogP contribution in [0.4, 0.5) is 8.78 Å². The molecule has 1 aromatic rings. The molecule has 1 amide bonds. The first-order chi connectivity index (χ1) is 11.6. The Hall–Kier alpha value is -1.57. The molecular formula is C17H23F2N3O2. The molecule has 132 valence electrons. The third kappa shape index (κ3) is 3.74. The second-order valence-corrected chi connectivity index (χ2v) is 6.27. The monoisotopic (exact) mass is 339 g/mol. The number of rotatable bonds is 3. The maximum Gasteiger partial charge on any atom is 0.253 e. The van der Waals surface area contributed by atoms with Gasteiger partial charge in [-0.25, -0.2) is 8.78 Å². The normalized spacial score (nSPS) is 24.0. The van der Waals surface area contributed by atoms with Crippen molar-refractivity contribution < 1.29 is 18.3 Å². The molecule has 2 unspecified atom stereocenters. The molecule has 5 nitrogen and oxygen atoms in total. The van der Waals surface area contributed by atoms with Crippen molar-refractivity contribution in [2.45, 2.75) is 19.1 Å². The van der Waals surface area contributed by atoms with Gasteiger partial charge in [0.15, 0.2) is 0 Å². The Kier molecular flexibility index (Phi) is 5.43. The molecule has 2 heterocycles. The number of hydrogen-bond donors (Lipinski definition) is 1. The predicted molar refractivity (Wildman–Crippen MR) is 85.5 cm³/mol. The van der Waals surface area contributed by atoms with E-state index in [1.165, 1.54) is 12.1 Å². The average Bonchev–Trinajstić information content (AvgIpc) is 2.61. The van der Waals surface area contributed by atoms with E-state index < -0.39 is 17.7 Å². The van der Waals surface area contributed by atoms with E-state index in [0.29, 0.717) is 44.9 Å². The van der Waals surface area contributed by atoms with Crippen molar-refractivity contribution in [2.75, 3.05) is 45.9 Å². The number of benzene rings is 1. The van der Waals surface area contributed by atoms with E-state index >= 15 is 0 Å². The van der Waals surface area contributed by atoms with Crippen LogP contribution in [-0.4, -0.2) is 67.7 Å². The summed E-state index contributed by atoms with van der Waals surface area (Å²) in [5.41, 5.74) is 0.482. The molecule has 2 aliphatic rings. The van der Waals surface area contributed by atoms with Gasteiger partial charge in [-0.1, -0.05) is 6.07 Å². The zero-order valence-electron chi connectivity index (χ0n) is 13.8. The standard InChI is InChI=1S/C17H23F2N3O2/c1-12(14-3-2-13(18)10-15(14)19)21-5-7-22(8-6-21)17(23)16-11-20-4-9-24-16/h2-3,10,12,16,20H,4-9,11H2,1H3. The second kappa shape index (κ2) is 7.55. The Balaban J connectivity index is 1.57. The van der Waals surface area contributed by atoms with E-state index in [9.17, 15) is 13.6 Å². The highest BCUT2D eigenvalue weighted by Crippen LogP contribution is 2.24. The number of nitrogens with one attached hydrogen (secondary N) is 1. The quantitative estimate of drug-likeness (QED) is 0.898. The number of carbonyl (C=O) groups is 1. The number of halogens is 2. The largest absolute Gasteiger partial charge is 0.366 e.